The molecule has 0 saturated heterocycles. The first-order valence-electron chi connectivity index (χ1n) is 2.85. The first-order valence-corrected chi connectivity index (χ1v) is 2.85. The maximum Gasteiger partial charge on any atom is 0.101 e. The van der Waals surface area contributed by atoms with Crippen molar-refractivity contribution in [2.24, 2.45) is 0 Å². The predicted molar refractivity (Wildman–Crippen MR) is 38.6 cm³/mol. The lowest BCUT2D eigenvalue weighted by atomic mass is 10.2. The van der Waals surface area contributed by atoms with Gasteiger partial charge in [0.2, 0.25) is 0 Å². The summed E-state index contributed by atoms with van der Waals surface area (Å²) in [7, 11) is 0. The van der Waals surface area contributed by atoms with Crippen LogP contribution in [0.4, 0.5) is 0 Å². The Kier molecular flexibility index (Phi) is 1.70. The van der Waals surface area contributed by atoms with E-state index in [1.54, 1.807) is 0 Å². The van der Waals surface area contributed by atoms with E-state index in [-0.39, 0.29) is 0 Å². The Morgan fingerprint density at radius 2 is 1.55 bits per heavy atom. The Labute approximate surface area is 63.7 Å². The van der Waals surface area contributed by atoms with Crippen LogP contribution in [-0.2, 0) is 0 Å². The second-order valence-electron chi connectivity index (χ2n) is 1.92. The summed E-state index contributed by atoms with van der Waals surface area (Å²) in [4.78, 5) is 0. The van der Waals surface area contributed by atoms with E-state index in [1.165, 1.54) is 12.2 Å². The molecular formula is C8H3N3. The summed E-state index contributed by atoms with van der Waals surface area (Å²) in [6, 6.07) is 3.71. The van der Waals surface area contributed by atoms with Gasteiger partial charge in [-0.25, -0.2) is 0 Å². The fraction of sp³-hybridized carbons (Fsp3) is 0. The molecule has 3 nitrogen and oxygen atoms in total. The van der Waals surface area contributed by atoms with Gasteiger partial charge in [0.05, 0.1) is 11.1 Å². The highest BCUT2D eigenvalue weighted by Crippen LogP contribution is 2.19. The van der Waals surface area contributed by atoms with Gasteiger partial charge in [0.1, 0.15) is 12.1 Å². The summed E-state index contributed by atoms with van der Waals surface area (Å²) < 4.78 is 0. The smallest absolute Gasteiger partial charge is 0.101 e. The van der Waals surface area contributed by atoms with Crippen LogP contribution in [0.15, 0.2) is 28.9 Å². The fourth-order valence-electron chi connectivity index (χ4n) is 0.765. The zero-order valence-electron chi connectivity index (χ0n) is 5.55. The van der Waals surface area contributed by atoms with Gasteiger partial charge in [-0.3, -0.25) is 5.41 Å². The fourth-order valence-corrected chi connectivity index (χ4v) is 0.765. The van der Waals surface area contributed by atoms with Gasteiger partial charge in [0, 0.05) is 5.57 Å². The van der Waals surface area contributed by atoms with E-state index in [2.05, 4.69) is 5.87 Å². The van der Waals surface area contributed by atoms with Crippen molar-refractivity contribution in [1.29, 1.82) is 15.9 Å². The second kappa shape index (κ2) is 2.66. The third kappa shape index (κ3) is 1.09. The molecule has 1 N–H and O–H groups in total. The minimum atomic E-state index is 0.308. The van der Waals surface area contributed by atoms with E-state index in [0.717, 1.165) is 0 Å². The predicted octanol–water partition coefficient (Wildman–Crippen LogP) is 1.07. The lowest BCUT2D eigenvalue weighted by Gasteiger charge is -1.80. The zero-order chi connectivity index (χ0) is 8.27. The van der Waals surface area contributed by atoms with Gasteiger partial charge in [-0.15, -0.1) is 0 Å². The molecule has 0 heterocycles. The highest BCUT2D eigenvalue weighted by atomic mass is 14.3. The molecule has 0 aromatic rings. The van der Waals surface area contributed by atoms with E-state index < -0.39 is 0 Å². The number of hydrogen-bond acceptors (Lipinski definition) is 3. The van der Waals surface area contributed by atoms with E-state index in [0.29, 0.717) is 16.7 Å². The largest absolute Gasteiger partial charge is 0.258 e. The van der Waals surface area contributed by atoms with Gasteiger partial charge in [-0.2, -0.15) is 10.5 Å². The van der Waals surface area contributed by atoms with Crippen molar-refractivity contribution in [3.05, 3.63) is 28.9 Å². The molecule has 0 aromatic heterocycles. The van der Waals surface area contributed by atoms with Crippen molar-refractivity contribution in [2.75, 3.05) is 0 Å². The molecule has 1 aliphatic carbocycles. The molecule has 1 rings (SSSR count). The van der Waals surface area contributed by atoms with Gasteiger partial charge in [-0.1, -0.05) is 0 Å². The molecule has 0 spiro atoms. The Morgan fingerprint density at radius 3 is 1.82 bits per heavy atom. The minimum absolute atomic E-state index is 0.308. The van der Waals surface area contributed by atoms with Gasteiger partial charge < -0.3 is 0 Å². The summed E-state index contributed by atoms with van der Waals surface area (Å²) in [6.07, 6.45) is 2.93. The third-order valence-corrected chi connectivity index (χ3v) is 1.28. The summed E-state index contributed by atoms with van der Waals surface area (Å²) in [6.45, 7) is 0. The average molecular weight is 141 g/mol. The zero-order valence-corrected chi connectivity index (χ0v) is 5.55. The van der Waals surface area contributed by atoms with E-state index in [4.69, 9.17) is 15.9 Å². The number of nitrogens with zero attached hydrogens (tertiary/aromatic N) is 2. The molecule has 1 aliphatic rings. The Bertz CT molecular complexity index is 347. The third-order valence-electron chi connectivity index (χ3n) is 1.28. The minimum Gasteiger partial charge on any atom is -0.258 e. The maximum atomic E-state index is 8.47. The SMILES string of the molecule is N#CC1=CC(=C=N)C=C1C#N. The van der Waals surface area contributed by atoms with Gasteiger partial charge in [0.15, 0.2) is 0 Å². The highest BCUT2D eigenvalue weighted by Gasteiger charge is 2.11. The molecule has 0 fully saturated rings. The highest BCUT2D eigenvalue weighted by molar-refractivity contribution is 5.74. The molecule has 0 bridgehead atoms. The van der Waals surface area contributed by atoms with Gasteiger partial charge >= 0.3 is 0 Å². The summed E-state index contributed by atoms with van der Waals surface area (Å²) in [5.74, 6) is 2.10. The molecule has 3 heteroatoms. The van der Waals surface area contributed by atoms with Crippen LogP contribution in [-0.4, -0.2) is 5.87 Å². The van der Waals surface area contributed by atoms with Crippen LogP contribution in [0.1, 0.15) is 0 Å². The van der Waals surface area contributed by atoms with Crippen molar-refractivity contribution in [3.8, 4) is 12.1 Å². The second-order valence-corrected chi connectivity index (χ2v) is 1.92. The quantitative estimate of drug-likeness (QED) is 0.512. The summed E-state index contributed by atoms with van der Waals surface area (Å²) in [5.41, 5.74) is 1.09. The number of hydrogen-bond donors (Lipinski definition) is 1. The Morgan fingerprint density at radius 1 is 1.09 bits per heavy atom. The van der Waals surface area contributed by atoms with Crippen LogP contribution in [0.5, 0.6) is 0 Å². The van der Waals surface area contributed by atoms with Crippen LogP contribution in [0.25, 0.3) is 0 Å². The first-order chi connectivity index (χ1) is 5.31. The number of nitriles is 2. The molecule has 0 radical (unpaired) electrons. The lowest BCUT2D eigenvalue weighted by molar-refractivity contribution is 1.45. The number of allylic oxidation sites excluding steroid dienone is 5. The lowest BCUT2D eigenvalue weighted by Crippen LogP contribution is -1.75. The standard InChI is InChI=1S/C8H3N3/c9-3-6-1-7(4-10)8(2-6)5-11/h1-2,9H. The summed E-state index contributed by atoms with van der Waals surface area (Å²) in [5, 5.41) is 23.7. The van der Waals surface area contributed by atoms with E-state index in [1.807, 2.05) is 12.1 Å². The first kappa shape index (κ1) is 7.02. The van der Waals surface area contributed by atoms with Gasteiger partial charge in [0.25, 0.3) is 0 Å². The van der Waals surface area contributed by atoms with Crippen molar-refractivity contribution >= 4 is 5.87 Å². The number of nitrogens with one attached hydrogen (secondary N) is 1. The Balaban J connectivity index is 3.24. The molecule has 0 aliphatic heterocycles. The maximum absolute atomic E-state index is 8.47. The van der Waals surface area contributed by atoms with Crippen LogP contribution in [0.2, 0.25) is 0 Å². The van der Waals surface area contributed by atoms with E-state index >= 15 is 0 Å². The van der Waals surface area contributed by atoms with Crippen LogP contribution >= 0.6 is 0 Å². The normalized spacial score (nSPS) is 14.2. The summed E-state index contributed by atoms with van der Waals surface area (Å²) >= 11 is 0. The topological polar surface area (TPSA) is 71.4 Å². The Hall–Kier alpha value is -2.09. The average Bonchev–Trinajstić information content (AvgIpc) is 2.46. The number of rotatable bonds is 0. The molecule has 0 saturated carbocycles. The van der Waals surface area contributed by atoms with Crippen molar-refractivity contribution in [2.45, 2.75) is 0 Å². The van der Waals surface area contributed by atoms with Gasteiger partial charge in [-0.05, 0) is 18.0 Å². The molecule has 50 valence electrons. The molecule has 0 aromatic carbocycles. The molecule has 0 unspecified atom stereocenters. The molecule has 0 atom stereocenters. The van der Waals surface area contributed by atoms with Crippen molar-refractivity contribution in [1.82, 2.24) is 0 Å². The molecule has 0 amide bonds. The van der Waals surface area contributed by atoms with E-state index in [9.17, 15) is 0 Å². The van der Waals surface area contributed by atoms with Crippen LogP contribution in [0, 0.1) is 28.1 Å². The molecule has 11 heavy (non-hydrogen) atoms. The van der Waals surface area contributed by atoms with Crippen molar-refractivity contribution < 1.29 is 0 Å². The monoisotopic (exact) mass is 141 g/mol. The van der Waals surface area contributed by atoms with Crippen molar-refractivity contribution in [3.63, 3.8) is 0 Å². The van der Waals surface area contributed by atoms with Crippen LogP contribution < -0.4 is 0 Å². The van der Waals surface area contributed by atoms with Crippen LogP contribution in [0.3, 0.4) is 0 Å². The molecular weight excluding hydrogens is 138 g/mol.